The first kappa shape index (κ1) is 28.9. The van der Waals surface area contributed by atoms with Gasteiger partial charge in [-0.15, -0.1) is 10.2 Å². The molecule has 0 aliphatic carbocycles. The molecule has 0 bridgehead atoms. The van der Waals surface area contributed by atoms with E-state index in [9.17, 15) is 34.8 Å². The zero-order chi connectivity index (χ0) is 31.8. The van der Waals surface area contributed by atoms with Crippen LogP contribution in [0.4, 0.5) is 0 Å². The van der Waals surface area contributed by atoms with E-state index < -0.39 is 23.4 Å². The van der Waals surface area contributed by atoms with Crippen molar-refractivity contribution in [1.29, 1.82) is 0 Å². The van der Waals surface area contributed by atoms with Gasteiger partial charge < -0.3 is 30.2 Å². The lowest BCUT2D eigenvalue weighted by Gasteiger charge is -2.32. The van der Waals surface area contributed by atoms with Gasteiger partial charge in [0.2, 0.25) is 0 Å². The fourth-order valence-corrected chi connectivity index (χ4v) is 4.81. The number of likely N-dealkylation sites (N-methyl/N-ethyl adjacent to an activating group) is 1. The van der Waals surface area contributed by atoms with Crippen molar-refractivity contribution < 1.29 is 34.8 Å². The second-order valence-corrected chi connectivity index (χ2v) is 10.3. The summed E-state index contributed by atoms with van der Waals surface area (Å²) in [5, 5.41) is 55.3. The zero-order valence-electron chi connectivity index (χ0n) is 23.6. The van der Waals surface area contributed by atoms with Crippen LogP contribution in [0.2, 0.25) is 0 Å². The smallest absolute Gasteiger partial charge is 0.339 e. The number of nitrogens with zero attached hydrogens (tertiary/aromatic N) is 9. The number of pyridine rings is 1. The first-order chi connectivity index (χ1) is 21.6. The number of carboxylic acids is 2. The van der Waals surface area contributed by atoms with Crippen molar-refractivity contribution in [3.63, 3.8) is 0 Å². The molecule has 0 spiro atoms. The number of aromatic carboxylic acids is 2. The molecule has 1 saturated heterocycles. The Labute approximate surface area is 254 Å². The summed E-state index contributed by atoms with van der Waals surface area (Å²) in [6.07, 6.45) is 3.05. The first-order valence-electron chi connectivity index (χ1n) is 13.6. The normalized spacial score (nSPS) is 13.6. The fourth-order valence-electron chi connectivity index (χ4n) is 4.81. The highest BCUT2D eigenvalue weighted by molar-refractivity contribution is 5.96. The molecule has 2 aromatic carbocycles. The zero-order valence-corrected chi connectivity index (χ0v) is 23.6. The summed E-state index contributed by atoms with van der Waals surface area (Å²) >= 11 is 0. The van der Waals surface area contributed by atoms with Crippen LogP contribution in [0.3, 0.4) is 0 Å². The molecule has 0 radical (unpaired) electrons. The van der Waals surface area contributed by atoms with Crippen LogP contribution in [0.15, 0.2) is 60.9 Å². The number of piperazine rings is 1. The van der Waals surface area contributed by atoms with Crippen LogP contribution in [0.25, 0.3) is 34.2 Å². The molecule has 16 heteroatoms. The van der Waals surface area contributed by atoms with E-state index in [1.165, 1.54) is 58.2 Å². The number of rotatable bonds is 7. The molecule has 1 aliphatic rings. The van der Waals surface area contributed by atoms with E-state index in [-0.39, 0.29) is 28.4 Å². The monoisotopic (exact) mass is 611 g/mol. The number of aromatic hydroxyl groups is 2. The summed E-state index contributed by atoms with van der Waals surface area (Å²) in [7, 11) is 1.99. The van der Waals surface area contributed by atoms with Crippen LogP contribution in [0.5, 0.6) is 11.5 Å². The highest BCUT2D eigenvalue weighted by Crippen LogP contribution is 2.27. The summed E-state index contributed by atoms with van der Waals surface area (Å²) in [6.45, 7) is 2.53. The molecule has 6 rings (SSSR count). The Morgan fingerprint density at radius 1 is 0.667 bits per heavy atom. The van der Waals surface area contributed by atoms with Gasteiger partial charge in [-0.05, 0) is 43.4 Å². The predicted octanol–water partition coefficient (Wildman–Crippen LogP) is 1.77. The molecular formula is C29H25N9O7. The Bertz CT molecular complexity index is 1840. The lowest BCUT2D eigenvalue weighted by Crippen LogP contribution is -2.47. The molecule has 0 unspecified atom stereocenters. The topological polar surface area (TPSA) is 213 Å². The van der Waals surface area contributed by atoms with Crippen molar-refractivity contribution in [3.8, 4) is 45.6 Å². The average molecular weight is 612 g/mol. The number of benzene rings is 2. The number of hydrogen-bond donors (Lipinski definition) is 4. The van der Waals surface area contributed by atoms with E-state index in [4.69, 9.17) is 0 Å². The molecule has 4 heterocycles. The van der Waals surface area contributed by atoms with Crippen LogP contribution >= 0.6 is 0 Å². The lowest BCUT2D eigenvalue weighted by molar-refractivity contribution is 0.0660. The number of carbonyl (C=O) groups excluding carboxylic acids is 1. The summed E-state index contributed by atoms with van der Waals surface area (Å²) in [6, 6.07) is 11.1. The largest absolute Gasteiger partial charge is 0.507 e. The van der Waals surface area contributed by atoms with Gasteiger partial charge >= 0.3 is 11.9 Å². The number of aromatic nitrogens is 7. The molecule has 1 amide bonds. The fraction of sp³-hybridized carbons (Fsp3) is 0.172. The maximum Gasteiger partial charge on any atom is 0.339 e. The van der Waals surface area contributed by atoms with Gasteiger partial charge in [0.05, 0.1) is 35.2 Å². The Morgan fingerprint density at radius 2 is 1.13 bits per heavy atom. The van der Waals surface area contributed by atoms with Gasteiger partial charge in [0.25, 0.3) is 5.91 Å². The summed E-state index contributed by atoms with van der Waals surface area (Å²) < 4.78 is 2.67. The van der Waals surface area contributed by atoms with E-state index in [0.717, 1.165) is 13.1 Å². The molecule has 1 fully saturated rings. The van der Waals surface area contributed by atoms with Crippen molar-refractivity contribution in [3.05, 3.63) is 77.6 Å². The second kappa shape index (κ2) is 11.5. The Balaban J connectivity index is 1.38. The van der Waals surface area contributed by atoms with Crippen LogP contribution < -0.4 is 0 Å². The van der Waals surface area contributed by atoms with Crippen LogP contribution in [-0.4, -0.2) is 116 Å². The van der Waals surface area contributed by atoms with Gasteiger partial charge in [-0.1, -0.05) is 10.4 Å². The average Bonchev–Trinajstić information content (AvgIpc) is 3.72. The van der Waals surface area contributed by atoms with Gasteiger partial charge in [-0.3, -0.25) is 4.79 Å². The van der Waals surface area contributed by atoms with E-state index in [1.807, 2.05) is 7.05 Å². The summed E-state index contributed by atoms with van der Waals surface area (Å²) in [5.74, 6) is -3.64. The lowest BCUT2D eigenvalue weighted by atomic mass is 10.1. The standard InChI is InChI=1S/C29H25N9O7/c1-35-6-8-36(9-7-35)27(41)16-10-21(23-14-37(33-31-23)17-2-4-19(28(42)43)25(39)12-17)30-22(11-16)24-15-38(34-32-24)18-3-5-20(29(44)45)26(40)13-18/h2-5,10-15,39-40H,6-9H2,1H3,(H,42,43)(H,44,45). The Kier molecular flexibility index (Phi) is 7.39. The molecule has 1 aliphatic heterocycles. The number of carboxylic acid groups (broad SMARTS) is 2. The molecular weight excluding hydrogens is 586 g/mol. The van der Waals surface area contributed by atoms with Crippen molar-refractivity contribution in [2.45, 2.75) is 0 Å². The second-order valence-electron chi connectivity index (χ2n) is 10.3. The van der Waals surface area contributed by atoms with Crippen molar-refractivity contribution >= 4 is 17.8 Å². The maximum atomic E-state index is 13.6. The predicted molar refractivity (Wildman–Crippen MR) is 156 cm³/mol. The Morgan fingerprint density at radius 3 is 1.56 bits per heavy atom. The Hall–Kier alpha value is -6.16. The van der Waals surface area contributed by atoms with E-state index in [0.29, 0.717) is 41.4 Å². The number of amides is 1. The molecule has 45 heavy (non-hydrogen) atoms. The molecule has 4 N–H and O–H groups in total. The minimum absolute atomic E-state index is 0.212. The quantitative estimate of drug-likeness (QED) is 0.207. The highest BCUT2D eigenvalue weighted by atomic mass is 16.4. The maximum absolute atomic E-state index is 13.6. The first-order valence-corrected chi connectivity index (χ1v) is 13.6. The SMILES string of the molecule is CN1CCN(C(=O)c2cc(-c3cn(-c4ccc(C(=O)O)c(O)c4)nn3)nc(-c3cn(-c4ccc(C(=O)O)c(O)c4)nn3)c2)CC1. The van der Waals surface area contributed by atoms with E-state index >= 15 is 0 Å². The molecule has 3 aromatic heterocycles. The number of hydrogen-bond acceptors (Lipinski definition) is 11. The third-order valence-corrected chi connectivity index (χ3v) is 7.33. The third-order valence-electron chi connectivity index (χ3n) is 7.33. The minimum atomic E-state index is -1.28. The van der Waals surface area contributed by atoms with Crippen molar-refractivity contribution in [1.82, 2.24) is 44.8 Å². The number of carbonyl (C=O) groups is 3. The van der Waals surface area contributed by atoms with Crippen LogP contribution in [-0.2, 0) is 0 Å². The molecule has 5 aromatic rings. The number of phenols is 2. The molecule has 16 nitrogen and oxygen atoms in total. The molecule has 228 valence electrons. The van der Waals surface area contributed by atoms with Gasteiger partial charge in [0.15, 0.2) is 0 Å². The highest BCUT2D eigenvalue weighted by Gasteiger charge is 2.23. The van der Waals surface area contributed by atoms with Crippen LogP contribution in [0.1, 0.15) is 31.1 Å². The van der Waals surface area contributed by atoms with Gasteiger partial charge in [-0.25, -0.2) is 23.9 Å². The van der Waals surface area contributed by atoms with Crippen molar-refractivity contribution in [2.75, 3.05) is 33.2 Å². The van der Waals surface area contributed by atoms with E-state index in [1.54, 1.807) is 17.0 Å². The van der Waals surface area contributed by atoms with Crippen molar-refractivity contribution in [2.24, 2.45) is 0 Å². The summed E-state index contributed by atoms with van der Waals surface area (Å²) in [4.78, 5) is 44.7. The molecule has 0 saturated carbocycles. The van der Waals surface area contributed by atoms with Gasteiger partial charge in [0.1, 0.15) is 34.0 Å². The summed E-state index contributed by atoms with van der Waals surface area (Å²) in [5.41, 5.74) is 1.66. The van der Waals surface area contributed by atoms with Gasteiger partial charge in [0, 0.05) is 43.9 Å². The molecule has 0 atom stereocenters. The third kappa shape index (κ3) is 5.76. The van der Waals surface area contributed by atoms with E-state index in [2.05, 4.69) is 30.5 Å². The van der Waals surface area contributed by atoms with Gasteiger partial charge in [-0.2, -0.15) is 0 Å². The van der Waals surface area contributed by atoms with Crippen LogP contribution in [0, 0.1) is 0 Å². The minimum Gasteiger partial charge on any atom is -0.507 e.